The first-order valence-electron chi connectivity index (χ1n) is 10.9. The molecule has 0 atom stereocenters. The Morgan fingerprint density at radius 2 is 0.629 bits per heavy atom. The van der Waals surface area contributed by atoms with Gasteiger partial charge in [-0.3, -0.25) is 0 Å². The third-order valence-electron chi connectivity index (χ3n) is 4.95. The van der Waals surface area contributed by atoms with E-state index in [2.05, 4.69) is 13.8 Å². The van der Waals surface area contributed by atoms with E-state index in [1.807, 2.05) is 121 Å². The summed E-state index contributed by atoms with van der Waals surface area (Å²) in [5.74, 6) is -0.375. The summed E-state index contributed by atoms with van der Waals surface area (Å²) in [6, 6.07) is 39.4. The minimum absolute atomic E-state index is 0. The number of carbonyl (C=O) groups excluding carboxylic acids is 2. The number of hydrogen-bond acceptors (Lipinski definition) is 2. The molecule has 4 aromatic carbocycles. The minimum atomic E-state index is -0.187. The van der Waals surface area contributed by atoms with Gasteiger partial charge in [-0.05, 0) is 22.3 Å². The zero-order chi connectivity index (χ0) is 24.2. The Morgan fingerprint density at radius 1 is 0.429 bits per heavy atom. The Hall–Kier alpha value is -3.90. The molecule has 35 heavy (non-hydrogen) atoms. The van der Waals surface area contributed by atoms with Crippen LogP contribution in [-0.4, -0.2) is 11.6 Å². The van der Waals surface area contributed by atoms with E-state index in [9.17, 15) is 9.59 Å². The summed E-state index contributed by atoms with van der Waals surface area (Å²) in [7, 11) is 0. The van der Waals surface area contributed by atoms with Crippen LogP contribution in [0.1, 0.15) is 22.3 Å². The number of rotatable bonds is 6. The Bertz CT molecular complexity index is 1070. The summed E-state index contributed by atoms with van der Waals surface area (Å²) in [4.78, 5) is 22.4. The second-order valence-electron chi connectivity index (χ2n) is 7.51. The van der Waals surface area contributed by atoms with Crippen LogP contribution in [0.2, 0.25) is 0 Å². The van der Waals surface area contributed by atoms with E-state index in [0.29, 0.717) is 0 Å². The van der Waals surface area contributed by atoms with Crippen LogP contribution in [0.15, 0.2) is 133 Å². The smallest absolute Gasteiger partial charge is 0.333 e. The van der Waals surface area contributed by atoms with Gasteiger partial charge in [0.25, 0.3) is 0 Å². The SMILES string of the molecule is [CH2-]C(=O)C=C(c1ccccc1)c1ccccc1.[CH2-]C(=O)C=C(c1ccccc1)c1ccccc1.[Pd+2]. The molecule has 0 bridgehead atoms. The standard InChI is InChI=1S/2C16H13O.Pd/c2*1-13(17)12-16(14-8-4-2-5-9-14)15-10-6-3-7-11-15;/h2*2-12H,1H2;/q2*-1;+2. The Kier molecular flexibility index (Phi) is 11.2. The molecule has 2 nitrogen and oxygen atoms in total. The van der Waals surface area contributed by atoms with E-state index in [4.69, 9.17) is 0 Å². The average molecular weight is 549 g/mol. The van der Waals surface area contributed by atoms with Crippen molar-refractivity contribution < 1.29 is 30.0 Å². The number of allylic oxidation sites excluding steroid dienone is 2. The molecule has 4 aromatic rings. The van der Waals surface area contributed by atoms with Crippen molar-refractivity contribution in [2.45, 2.75) is 0 Å². The van der Waals surface area contributed by atoms with Crippen LogP contribution in [0, 0.1) is 13.8 Å². The quantitative estimate of drug-likeness (QED) is 0.147. The van der Waals surface area contributed by atoms with Crippen molar-refractivity contribution >= 4 is 22.7 Å². The fraction of sp³-hybridized carbons (Fsp3) is 0. The van der Waals surface area contributed by atoms with Crippen LogP contribution in [0.25, 0.3) is 11.1 Å². The maximum atomic E-state index is 11.2. The van der Waals surface area contributed by atoms with Crippen LogP contribution >= 0.6 is 0 Å². The third-order valence-corrected chi connectivity index (χ3v) is 4.95. The molecule has 0 amide bonds. The van der Waals surface area contributed by atoms with Crippen molar-refractivity contribution in [2.24, 2.45) is 0 Å². The predicted octanol–water partition coefficient (Wildman–Crippen LogP) is 7.04. The maximum absolute atomic E-state index is 11.2. The summed E-state index contributed by atoms with van der Waals surface area (Å²) in [5, 5.41) is 0. The van der Waals surface area contributed by atoms with E-state index in [0.717, 1.165) is 33.4 Å². The van der Waals surface area contributed by atoms with Crippen LogP contribution in [0.5, 0.6) is 0 Å². The van der Waals surface area contributed by atoms with Crippen molar-refractivity contribution in [1.82, 2.24) is 0 Å². The van der Waals surface area contributed by atoms with Crippen molar-refractivity contribution in [3.63, 3.8) is 0 Å². The first-order valence-corrected chi connectivity index (χ1v) is 10.9. The van der Waals surface area contributed by atoms with E-state index < -0.39 is 0 Å². The van der Waals surface area contributed by atoms with Gasteiger partial charge in [-0.15, -0.1) is 0 Å². The van der Waals surface area contributed by atoms with Gasteiger partial charge in [0.15, 0.2) is 0 Å². The molecular formula is C32H26O2Pd. The molecular weight excluding hydrogens is 523 g/mol. The summed E-state index contributed by atoms with van der Waals surface area (Å²) < 4.78 is 0. The molecule has 0 aliphatic rings. The molecule has 0 unspecified atom stereocenters. The average Bonchev–Trinajstić information content (AvgIpc) is 2.88. The molecule has 0 spiro atoms. The second-order valence-corrected chi connectivity index (χ2v) is 7.51. The normalized spacial score (nSPS) is 9.37. The van der Waals surface area contributed by atoms with Gasteiger partial charge in [-0.25, -0.2) is 0 Å². The van der Waals surface area contributed by atoms with Crippen molar-refractivity contribution in [2.75, 3.05) is 0 Å². The van der Waals surface area contributed by atoms with Crippen LogP contribution in [0.4, 0.5) is 0 Å². The molecule has 0 saturated carbocycles. The van der Waals surface area contributed by atoms with E-state index in [1.165, 1.54) is 0 Å². The van der Waals surface area contributed by atoms with Crippen LogP contribution in [-0.2, 0) is 30.0 Å². The van der Waals surface area contributed by atoms with Crippen molar-refractivity contribution in [3.05, 3.63) is 170 Å². The molecule has 4 rings (SSSR count). The monoisotopic (exact) mass is 548 g/mol. The van der Waals surface area contributed by atoms with Gasteiger partial charge in [-0.2, -0.15) is 26.0 Å². The Morgan fingerprint density at radius 3 is 0.800 bits per heavy atom. The molecule has 0 radical (unpaired) electrons. The second kappa shape index (κ2) is 14.4. The van der Waals surface area contributed by atoms with E-state index in [-0.39, 0.29) is 32.0 Å². The molecule has 0 saturated heterocycles. The first kappa shape index (κ1) is 27.3. The molecule has 0 heterocycles. The Labute approximate surface area is 221 Å². The van der Waals surface area contributed by atoms with Gasteiger partial charge in [0.05, 0.1) is 0 Å². The Balaban J connectivity index is 0.000000240. The van der Waals surface area contributed by atoms with Crippen LogP contribution in [0.3, 0.4) is 0 Å². The number of carbonyl (C=O) groups is 2. The molecule has 0 aromatic heterocycles. The zero-order valence-corrected chi connectivity index (χ0v) is 20.8. The predicted molar refractivity (Wildman–Crippen MR) is 141 cm³/mol. The van der Waals surface area contributed by atoms with Gasteiger partial charge in [-0.1, -0.05) is 132 Å². The fourth-order valence-corrected chi connectivity index (χ4v) is 3.46. The third kappa shape index (κ3) is 8.76. The molecule has 0 fully saturated rings. The molecule has 0 N–H and O–H groups in total. The van der Waals surface area contributed by atoms with Crippen LogP contribution < -0.4 is 0 Å². The van der Waals surface area contributed by atoms with Gasteiger partial charge in [0, 0.05) is 11.6 Å². The number of hydrogen-bond donors (Lipinski definition) is 0. The molecule has 3 heteroatoms. The molecule has 0 aliphatic heterocycles. The van der Waals surface area contributed by atoms with E-state index in [1.54, 1.807) is 12.2 Å². The summed E-state index contributed by atoms with van der Waals surface area (Å²) in [6.07, 6.45) is 3.15. The van der Waals surface area contributed by atoms with Crippen molar-refractivity contribution in [3.8, 4) is 0 Å². The van der Waals surface area contributed by atoms with E-state index >= 15 is 0 Å². The largest absolute Gasteiger partial charge is 2.00 e. The molecule has 0 aliphatic carbocycles. The van der Waals surface area contributed by atoms with Crippen molar-refractivity contribution in [1.29, 1.82) is 0 Å². The topological polar surface area (TPSA) is 34.1 Å². The number of benzene rings is 4. The van der Waals surface area contributed by atoms with Gasteiger partial charge in [0.1, 0.15) is 0 Å². The summed E-state index contributed by atoms with van der Waals surface area (Å²) >= 11 is 0. The van der Waals surface area contributed by atoms with Gasteiger partial charge >= 0.3 is 20.4 Å². The summed E-state index contributed by atoms with van der Waals surface area (Å²) in [6.45, 7) is 6.83. The minimum Gasteiger partial charge on any atom is -0.333 e. The first-order chi connectivity index (χ1) is 16.5. The molecule has 176 valence electrons. The van der Waals surface area contributed by atoms with Gasteiger partial charge < -0.3 is 9.59 Å². The fourth-order valence-electron chi connectivity index (χ4n) is 3.46. The number of ketones is 2. The maximum Gasteiger partial charge on any atom is 2.00 e. The van der Waals surface area contributed by atoms with Gasteiger partial charge in [0.2, 0.25) is 0 Å². The zero-order valence-electron chi connectivity index (χ0n) is 19.2. The summed E-state index contributed by atoms with van der Waals surface area (Å²) in [5.41, 5.74) is 5.91.